The second-order valence-corrected chi connectivity index (χ2v) is 13.2. The molecular weight excluding hydrogens is 568 g/mol. The quantitative estimate of drug-likeness (QED) is 0.409. The van der Waals surface area contributed by atoms with Crippen molar-refractivity contribution in [1.29, 1.82) is 0 Å². The van der Waals surface area contributed by atoms with Crippen LogP contribution in [0, 0.1) is 5.82 Å². The van der Waals surface area contributed by atoms with Gasteiger partial charge in [0.1, 0.15) is 35.7 Å². The molecular formula is C33H39F2N5O4. The van der Waals surface area contributed by atoms with E-state index in [0.717, 1.165) is 19.4 Å². The van der Waals surface area contributed by atoms with Crippen molar-refractivity contribution >= 4 is 28.2 Å². The molecule has 0 radical (unpaired) electrons. The van der Waals surface area contributed by atoms with Gasteiger partial charge in [-0.1, -0.05) is 13.0 Å². The molecule has 1 amide bonds. The summed E-state index contributed by atoms with van der Waals surface area (Å²) in [4.78, 5) is 29.5. The van der Waals surface area contributed by atoms with E-state index in [4.69, 9.17) is 14.7 Å². The van der Waals surface area contributed by atoms with Gasteiger partial charge in [-0.05, 0) is 75.1 Å². The molecule has 7 rings (SSSR count). The van der Waals surface area contributed by atoms with Crippen LogP contribution in [0.3, 0.4) is 0 Å². The average Bonchev–Trinajstić information content (AvgIpc) is 3.57. The lowest BCUT2D eigenvalue weighted by molar-refractivity contribution is 0.0481. The van der Waals surface area contributed by atoms with Gasteiger partial charge in [0.25, 0.3) is 5.91 Å². The number of phenolic OH excluding ortho intramolecular Hbond substituents is 1. The number of benzene rings is 2. The van der Waals surface area contributed by atoms with Gasteiger partial charge in [0.15, 0.2) is 0 Å². The first kappa shape index (κ1) is 29.2. The molecule has 9 nitrogen and oxygen atoms in total. The number of amides is 1. The Morgan fingerprint density at radius 1 is 1.11 bits per heavy atom. The van der Waals surface area contributed by atoms with Gasteiger partial charge >= 0.3 is 6.01 Å². The number of hydrogen-bond acceptors (Lipinski definition) is 8. The molecule has 2 N–H and O–H groups in total. The van der Waals surface area contributed by atoms with E-state index in [-0.39, 0.29) is 42.2 Å². The van der Waals surface area contributed by atoms with E-state index in [1.54, 1.807) is 12.1 Å². The maximum Gasteiger partial charge on any atom is 0.318 e. The number of aryl methyl sites for hydroxylation is 1. The van der Waals surface area contributed by atoms with Crippen LogP contribution in [0.4, 0.5) is 20.3 Å². The van der Waals surface area contributed by atoms with E-state index in [2.05, 4.69) is 4.90 Å². The van der Waals surface area contributed by atoms with Crippen LogP contribution in [0.2, 0.25) is 0 Å². The summed E-state index contributed by atoms with van der Waals surface area (Å²) in [7, 11) is 0. The number of halogens is 2. The molecule has 1 unspecified atom stereocenters. The maximum absolute atomic E-state index is 15.0. The first-order chi connectivity index (χ1) is 21.1. The van der Waals surface area contributed by atoms with Crippen LogP contribution >= 0.6 is 0 Å². The van der Waals surface area contributed by atoms with Crippen LogP contribution in [0.15, 0.2) is 24.3 Å². The number of anilines is 2. The lowest BCUT2D eigenvalue weighted by Gasteiger charge is -2.31. The minimum atomic E-state index is -0.888. The Hall–Kier alpha value is -3.57. The summed E-state index contributed by atoms with van der Waals surface area (Å²) in [6.45, 7) is 6.37. The zero-order valence-corrected chi connectivity index (χ0v) is 25.3. The van der Waals surface area contributed by atoms with Gasteiger partial charge in [-0.2, -0.15) is 9.97 Å². The van der Waals surface area contributed by atoms with Crippen molar-refractivity contribution in [1.82, 2.24) is 14.9 Å². The predicted octanol–water partition coefficient (Wildman–Crippen LogP) is 4.89. The van der Waals surface area contributed by atoms with Gasteiger partial charge in [0.05, 0.1) is 29.1 Å². The molecule has 0 spiro atoms. The molecule has 4 aliphatic heterocycles. The number of ether oxygens (including phenoxy) is 1. The second-order valence-electron chi connectivity index (χ2n) is 13.2. The molecule has 44 heavy (non-hydrogen) atoms. The number of nitrogens with zero attached hydrogens (tertiary/aromatic N) is 5. The fraction of sp³-hybridized carbons (Fsp3) is 0.545. The lowest BCUT2D eigenvalue weighted by Crippen LogP contribution is -2.43. The van der Waals surface area contributed by atoms with Crippen molar-refractivity contribution < 1.29 is 28.5 Å². The molecule has 4 aliphatic rings. The number of phenols is 1. The molecule has 2 aromatic carbocycles. The largest absolute Gasteiger partial charge is 0.508 e. The van der Waals surface area contributed by atoms with E-state index < -0.39 is 11.8 Å². The van der Waals surface area contributed by atoms with Crippen molar-refractivity contribution in [3.63, 3.8) is 0 Å². The minimum Gasteiger partial charge on any atom is -0.508 e. The molecule has 0 bridgehead atoms. The van der Waals surface area contributed by atoms with Crippen LogP contribution in [0.5, 0.6) is 11.8 Å². The molecule has 0 aliphatic carbocycles. The van der Waals surface area contributed by atoms with E-state index in [1.807, 2.05) is 18.7 Å². The van der Waals surface area contributed by atoms with E-state index >= 15 is 0 Å². The number of rotatable bonds is 6. The number of carbonyl (C=O) groups excluding carboxylic acids is 1. The smallest absolute Gasteiger partial charge is 0.318 e. The number of fused-ring (bicyclic) bond motifs is 3. The van der Waals surface area contributed by atoms with Crippen molar-refractivity contribution in [2.75, 3.05) is 42.6 Å². The van der Waals surface area contributed by atoms with Crippen LogP contribution in [-0.2, 0) is 13.0 Å². The fourth-order valence-electron chi connectivity index (χ4n) is 7.81. The highest BCUT2D eigenvalue weighted by atomic mass is 19.1. The number of hydrogen-bond donors (Lipinski definition) is 2. The SMILES string of the molecule is CCc1c(F)ccc2cc(O)cc(N3Cc4nc(OC[C@@]56CCCN5C[C@H](F)C6)nc(N5CCCC(C)(O)CC5)c4C3=O)c12. The highest BCUT2D eigenvalue weighted by Crippen LogP contribution is 2.43. The summed E-state index contributed by atoms with van der Waals surface area (Å²) < 4.78 is 35.7. The third-order valence-corrected chi connectivity index (χ3v) is 10.1. The maximum atomic E-state index is 15.0. The van der Waals surface area contributed by atoms with Gasteiger partial charge in [-0.15, -0.1) is 0 Å². The third kappa shape index (κ3) is 4.94. The predicted molar refractivity (Wildman–Crippen MR) is 163 cm³/mol. The number of carbonyl (C=O) groups is 1. The zero-order valence-electron chi connectivity index (χ0n) is 25.3. The van der Waals surface area contributed by atoms with Gasteiger partial charge in [0.2, 0.25) is 0 Å². The first-order valence-corrected chi connectivity index (χ1v) is 15.7. The number of aromatic hydroxyl groups is 1. The Bertz CT molecular complexity index is 1630. The zero-order chi connectivity index (χ0) is 30.8. The van der Waals surface area contributed by atoms with Crippen molar-refractivity contribution in [2.24, 2.45) is 0 Å². The fourth-order valence-corrected chi connectivity index (χ4v) is 7.81. The summed E-state index contributed by atoms with van der Waals surface area (Å²) in [5.41, 5.74) is 0.494. The number of aromatic nitrogens is 2. The molecule has 3 aromatic rings. The third-order valence-electron chi connectivity index (χ3n) is 10.1. The van der Waals surface area contributed by atoms with Gasteiger partial charge in [-0.3, -0.25) is 9.69 Å². The van der Waals surface area contributed by atoms with E-state index in [9.17, 15) is 23.8 Å². The Kier molecular flexibility index (Phi) is 7.16. The van der Waals surface area contributed by atoms with Crippen molar-refractivity contribution in [3.8, 4) is 11.8 Å². The van der Waals surface area contributed by atoms with Gasteiger partial charge < -0.3 is 24.7 Å². The highest BCUT2D eigenvalue weighted by molar-refractivity contribution is 6.16. The van der Waals surface area contributed by atoms with E-state index in [1.165, 1.54) is 17.0 Å². The van der Waals surface area contributed by atoms with E-state index in [0.29, 0.717) is 90.8 Å². The topological polar surface area (TPSA) is 102 Å². The molecule has 3 fully saturated rings. The number of aliphatic hydroxyl groups is 1. The Morgan fingerprint density at radius 2 is 1.93 bits per heavy atom. The standard InChI is InChI=1S/C33H39F2N5O4/c1-3-23-24(35)7-6-20-14-22(41)15-26(27(20)23)40-18-25-28(30(40)42)29(38-11-4-8-32(2,43)10-13-38)37-31(36-25)44-19-33-9-5-12-39(33)17-21(34)16-33/h6-7,14-15,21,41,43H,3-5,8-13,16-19H2,1-2H3/t21-,32?,33+/m1/s1. The summed E-state index contributed by atoms with van der Waals surface area (Å²) in [5, 5.41) is 22.6. The van der Waals surface area contributed by atoms with Crippen LogP contribution in [0.1, 0.15) is 74.0 Å². The Labute approximate surface area is 255 Å². The molecule has 234 valence electrons. The summed E-state index contributed by atoms with van der Waals surface area (Å²) in [6, 6.07) is 6.20. The normalized spacial score (nSPS) is 27.2. The molecule has 1 aromatic heterocycles. The number of alkyl halides is 1. The molecule has 5 heterocycles. The molecule has 11 heteroatoms. The minimum absolute atomic E-state index is 0.0295. The van der Waals surface area contributed by atoms with Gasteiger partial charge in [0, 0.05) is 37.5 Å². The van der Waals surface area contributed by atoms with Crippen LogP contribution in [0.25, 0.3) is 10.8 Å². The first-order valence-electron chi connectivity index (χ1n) is 15.7. The second kappa shape index (κ2) is 10.8. The Morgan fingerprint density at radius 3 is 2.75 bits per heavy atom. The summed E-state index contributed by atoms with van der Waals surface area (Å²) in [5.74, 6) is -0.297. The lowest BCUT2D eigenvalue weighted by atomic mass is 9.95. The summed E-state index contributed by atoms with van der Waals surface area (Å²) >= 11 is 0. The average molecular weight is 608 g/mol. The van der Waals surface area contributed by atoms with Crippen LogP contribution in [-0.4, -0.2) is 81.1 Å². The van der Waals surface area contributed by atoms with Crippen molar-refractivity contribution in [2.45, 2.75) is 82.6 Å². The molecule has 0 saturated carbocycles. The monoisotopic (exact) mass is 607 g/mol. The van der Waals surface area contributed by atoms with Crippen LogP contribution < -0.4 is 14.5 Å². The summed E-state index contributed by atoms with van der Waals surface area (Å²) in [6.07, 6.45) is 3.62. The van der Waals surface area contributed by atoms with Gasteiger partial charge in [-0.25, -0.2) is 8.78 Å². The molecule has 3 atom stereocenters. The molecule has 3 saturated heterocycles. The highest BCUT2D eigenvalue weighted by Gasteiger charge is 2.49. The van der Waals surface area contributed by atoms with Crippen molar-refractivity contribution in [3.05, 3.63) is 46.9 Å². The Balaban J connectivity index is 1.29.